The first-order valence-electron chi connectivity index (χ1n) is 3.99. The van der Waals surface area contributed by atoms with Gasteiger partial charge in [-0.15, -0.1) is 11.6 Å². The van der Waals surface area contributed by atoms with Crippen LogP contribution < -0.4 is 0 Å². The molecule has 13 heavy (non-hydrogen) atoms. The van der Waals surface area contributed by atoms with Crippen molar-refractivity contribution in [3.8, 4) is 0 Å². The maximum Gasteiger partial charge on any atom is 0.328 e. The second-order valence-electron chi connectivity index (χ2n) is 3.82. The average Bonchev–Trinajstić information content (AvgIpc) is 2.57. The molecule has 2 aliphatic rings. The van der Waals surface area contributed by atoms with E-state index in [4.69, 9.17) is 21.1 Å². The SMILES string of the molecule is CC1(C)OC(=O)C2(CC2Cl)C(=O)O1. The highest BCUT2D eigenvalue weighted by Gasteiger charge is 2.71. The molecule has 0 N–H and O–H groups in total. The van der Waals surface area contributed by atoms with Gasteiger partial charge in [-0.2, -0.15) is 0 Å². The molecule has 1 aliphatic heterocycles. The molecule has 72 valence electrons. The van der Waals surface area contributed by atoms with Crippen molar-refractivity contribution in [1.29, 1.82) is 0 Å². The Labute approximate surface area is 80.1 Å². The first kappa shape index (κ1) is 8.81. The number of hydrogen-bond donors (Lipinski definition) is 0. The number of alkyl halides is 1. The zero-order valence-electron chi connectivity index (χ0n) is 7.30. The average molecular weight is 205 g/mol. The van der Waals surface area contributed by atoms with Crippen molar-refractivity contribution in [3.63, 3.8) is 0 Å². The van der Waals surface area contributed by atoms with Crippen molar-refractivity contribution in [2.24, 2.45) is 5.41 Å². The maximum atomic E-state index is 11.4. The molecule has 0 bridgehead atoms. The minimum atomic E-state index is -1.20. The second kappa shape index (κ2) is 2.18. The van der Waals surface area contributed by atoms with Crippen molar-refractivity contribution in [2.45, 2.75) is 31.4 Å². The van der Waals surface area contributed by atoms with Crippen LogP contribution in [0.1, 0.15) is 20.3 Å². The van der Waals surface area contributed by atoms with Crippen LogP contribution in [-0.4, -0.2) is 23.1 Å². The summed E-state index contributed by atoms with van der Waals surface area (Å²) in [6, 6.07) is 0. The number of carbonyl (C=O) groups excluding carboxylic acids is 2. The lowest BCUT2D eigenvalue weighted by Crippen LogP contribution is -2.48. The standard InChI is InChI=1S/C8H9ClO4/c1-7(2)12-5(10)8(3-4(8)9)6(11)13-7/h4H,3H2,1-2H3. The number of cyclic esters (lactones) is 2. The lowest BCUT2D eigenvalue weighted by molar-refractivity contribution is -0.242. The zero-order chi connectivity index (χ0) is 9.85. The van der Waals surface area contributed by atoms with E-state index in [9.17, 15) is 9.59 Å². The normalized spacial score (nSPS) is 33.9. The molecule has 1 unspecified atom stereocenters. The van der Waals surface area contributed by atoms with E-state index < -0.39 is 28.5 Å². The van der Waals surface area contributed by atoms with Crippen LogP contribution in [0.25, 0.3) is 0 Å². The molecule has 1 saturated carbocycles. The molecule has 1 spiro atoms. The monoisotopic (exact) mass is 204 g/mol. The van der Waals surface area contributed by atoms with Gasteiger partial charge in [0.1, 0.15) is 0 Å². The minimum absolute atomic E-state index is 0.322. The van der Waals surface area contributed by atoms with Gasteiger partial charge in [-0.1, -0.05) is 0 Å². The number of carbonyl (C=O) groups is 2. The molecule has 0 radical (unpaired) electrons. The molecule has 2 rings (SSSR count). The third kappa shape index (κ3) is 1.05. The Balaban J connectivity index is 2.28. The summed E-state index contributed by atoms with van der Waals surface area (Å²) in [7, 11) is 0. The van der Waals surface area contributed by atoms with Crippen LogP contribution in [0, 0.1) is 5.41 Å². The summed E-state index contributed by atoms with van der Waals surface area (Å²) in [6.07, 6.45) is 0.322. The van der Waals surface area contributed by atoms with Gasteiger partial charge in [0.25, 0.3) is 5.79 Å². The summed E-state index contributed by atoms with van der Waals surface area (Å²) in [5, 5.41) is -0.469. The molecular weight excluding hydrogens is 196 g/mol. The van der Waals surface area contributed by atoms with Gasteiger partial charge in [-0.3, -0.25) is 9.59 Å². The van der Waals surface area contributed by atoms with E-state index in [1.807, 2.05) is 0 Å². The van der Waals surface area contributed by atoms with Crippen LogP contribution in [0.2, 0.25) is 0 Å². The van der Waals surface area contributed by atoms with Crippen LogP contribution in [0.15, 0.2) is 0 Å². The second-order valence-corrected chi connectivity index (χ2v) is 4.35. The summed E-state index contributed by atoms with van der Waals surface area (Å²) < 4.78 is 9.85. The van der Waals surface area contributed by atoms with E-state index in [-0.39, 0.29) is 0 Å². The largest absolute Gasteiger partial charge is 0.422 e. The van der Waals surface area contributed by atoms with Gasteiger partial charge in [0, 0.05) is 13.8 Å². The summed E-state index contributed by atoms with van der Waals surface area (Å²) in [6.45, 7) is 3.03. The van der Waals surface area contributed by atoms with Gasteiger partial charge in [0.05, 0.1) is 5.38 Å². The van der Waals surface area contributed by atoms with E-state index in [1.54, 1.807) is 0 Å². The number of esters is 2. The highest BCUT2D eigenvalue weighted by atomic mass is 35.5. The van der Waals surface area contributed by atoms with E-state index in [0.717, 1.165) is 0 Å². The summed E-state index contributed by atoms with van der Waals surface area (Å²) >= 11 is 5.70. The van der Waals surface area contributed by atoms with Gasteiger partial charge in [0.2, 0.25) is 0 Å². The molecule has 1 heterocycles. The quantitative estimate of drug-likeness (QED) is 0.333. The smallest absolute Gasteiger partial charge is 0.328 e. The fourth-order valence-corrected chi connectivity index (χ4v) is 1.80. The summed E-state index contributed by atoms with van der Waals surface area (Å²) in [4.78, 5) is 22.8. The molecule has 5 heteroatoms. The van der Waals surface area contributed by atoms with Crippen molar-refractivity contribution < 1.29 is 19.1 Å². The van der Waals surface area contributed by atoms with Gasteiger partial charge in [0.15, 0.2) is 5.41 Å². The fraction of sp³-hybridized carbons (Fsp3) is 0.750. The predicted molar refractivity (Wildman–Crippen MR) is 43.0 cm³/mol. The number of rotatable bonds is 0. The van der Waals surface area contributed by atoms with Gasteiger partial charge >= 0.3 is 11.9 Å². The van der Waals surface area contributed by atoms with Crippen molar-refractivity contribution in [3.05, 3.63) is 0 Å². The Hall–Kier alpha value is -0.770. The first-order valence-corrected chi connectivity index (χ1v) is 4.43. The Bertz CT molecular complexity index is 277. The van der Waals surface area contributed by atoms with Gasteiger partial charge in [-0.05, 0) is 6.42 Å². The highest BCUT2D eigenvalue weighted by molar-refractivity contribution is 6.30. The lowest BCUT2D eigenvalue weighted by atomic mass is 10.1. The molecular formula is C8H9ClO4. The van der Waals surface area contributed by atoms with E-state index >= 15 is 0 Å². The molecule has 0 aromatic carbocycles. The third-order valence-corrected chi connectivity index (χ3v) is 2.81. The Morgan fingerprint density at radius 1 is 1.31 bits per heavy atom. The predicted octanol–water partition coefficient (Wildman–Crippen LogP) is 0.820. The summed E-state index contributed by atoms with van der Waals surface area (Å²) in [5.41, 5.74) is -1.20. The van der Waals surface area contributed by atoms with Crippen LogP contribution in [0.5, 0.6) is 0 Å². The lowest BCUT2D eigenvalue weighted by Gasteiger charge is -2.33. The Morgan fingerprint density at radius 2 is 1.69 bits per heavy atom. The number of ether oxygens (including phenoxy) is 2. The molecule has 4 nitrogen and oxygen atoms in total. The molecule has 1 atom stereocenters. The van der Waals surface area contributed by atoms with E-state index in [2.05, 4.69) is 0 Å². The topological polar surface area (TPSA) is 52.6 Å². The van der Waals surface area contributed by atoms with Gasteiger partial charge < -0.3 is 9.47 Å². The molecule has 0 amide bonds. The van der Waals surface area contributed by atoms with Crippen LogP contribution in [-0.2, 0) is 19.1 Å². The van der Waals surface area contributed by atoms with Crippen LogP contribution in [0.3, 0.4) is 0 Å². The van der Waals surface area contributed by atoms with E-state index in [1.165, 1.54) is 13.8 Å². The molecule has 2 fully saturated rings. The zero-order valence-corrected chi connectivity index (χ0v) is 8.05. The highest BCUT2D eigenvalue weighted by Crippen LogP contribution is 2.55. The van der Waals surface area contributed by atoms with Crippen molar-refractivity contribution in [2.75, 3.05) is 0 Å². The van der Waals surface area contributed by atoms with Crippen LogP contribution >= 0.6 is 11.6 Å². The first-order chi connectivity index (χ1) is 5.88. The van der Waals surface area contributed by atoms with Crippen LogP contribution in [0.4, 0.5) is 0 Å². The van der Waals surface area contributed by atoms with E-state index in [0.29, 0.717) is 6.42 Å². The fourth-order valence-electron chi connectivity index (χ4n) is 1.38. The molecule has 1 aliphatic carbocycles. The van der Waals surface area contributed by atoms with Gasteiger partial charge in [-0.25, -0.2) is 0 Å². The third-order valence-electron chi connectivity index (χ3n) is 2.28. The van der Waals surface area contributed by atoms with Crippen molar-refractivity contribution in [1.82, 2.24) is 0 Å². The molecule has 0 aromatic rings. The van der Waals surface area contributed by atoms with Crippen molar-refractivity contribution >= 4 is 23.5 Å². The number of hydrogen-bond acceptors (Lipinski definition) is 4. The molecule has 0 aromatic heterocycles. The minimum Gasteiger partial charge on any atom is -0.422 e. The summed E-state index contributed by atoms with van der Waals surface area (Å²) in [5.74, 6) is -2.28. The number of halogens is 1. The maximum absolute atomic E-state index is 11.4. The molecule has 1 saturated heterocycles. The Kier molecular flexibility index (Phi) is 1.48. The Morgan fingerprint density at radius 3 is 2.00 bits per heavy atom.